The first-order chi connectivity index (χ1) is 10.4. The first-order valence-corrected chi connectivity index (χ1v) is 7.69. The molecule has 1 heterocycles. The monoisotopic (exact) mass is 306 g/mol. The SMILES string of the molecule is CC(C)CNC(=O)[C@H]1CCC(=O)N(C)[C@@H]1c1cccc(F)c1. The highest BCUT2D eigenvalue weighted by Crippen LogP contribution is 2.36. The molecule has 0 radical (unpaired) electrons. The van der Waals surface area contributed by atoms with Crippen LogP contribution in [0.4, 0.5) is 4.39 Å². The molecule has 4 nitrogen and oxygen atoms in total. The summed E-state index contributed by atoms with van der Waals surface area (Å²) in [4.78, 5) is 26.0. The number of amides is 2. The number of nitrogens with zero attached hydrogens (tertiary/aromatic N) is 1. The highest BCUT2D eigenvalue weighted by molar-refractivity contribution is 5.84. The Morgan fingerprint density at radius 2 is 2.18 bits per heavy atom. The third kappa shape index (κ3) is 3.64. The van der Waals surface area contributed by atoms with E-state index in [1.54, 1.807) is 24.1 Å². The van der Waals surface area contributed by atoms with Crippen LogP contribution in [0.15, 0.2) is 24.3 Å². The summed E-state index contributed by atoms with van der Waals surface area (Å²) in [5.74, 6) is -0.419. The molecule has 0 spiro atoms. The predicted molar refractivity (Wildman–Crippen MR) is 82.5 cm³/mol. The first kappa shape index (κ1) is 16.5. The molecule has 0 bridgehead atoms. The normalized spacial score (nSPS) is 22.0. The Balaban J connectivity index is 2.26. The van der Waals surface area contributed by atoms with Crippen molar-refractivity contribution >= 4 is 11.8 Å². The quantitative estimate of drug-likeness (QED) is 0.929. The number of piperidine rings is 1. The molecule has 2 atom stereocenters. The standard InChI is InChI=1S/C17H23FN2O2/c1-11(2)10-19-17(22)14-7-8-15(21)20(3)16(14)12-5-4-6-13(18)9-12/h4-6,9,11,14,16H,7-8,10H2,1-3H3,(H,19,22)/t14-,16+/m0/s1. The second-order valence-corrected chi connectivity index (χ2v) is 6.29. The van der Waals surface area contributed by atoms with Crippen LogP contribution in [0.1, 0.15) is 38.3 Å². The van der Waals surface area contributed by atoms with Crippen LogP contribution in [0.2, 0.25) is 0 Å². The molecule has 2 amide bonds. The summed E-state index contributed by atoms with van der Waals surface area (Å²) in [6.07, 6.45) is 0.844. The maximum absolute atomic E-state index is 13.5. The lowest BCUT2D eigenvalue weighted by Crippen LogP contribution is -2.46. The van der Waals surface area contributed by atoms with Crippen molar-refractivity contribution in [1.29, 1.82) is 0 Å². The predicted octanol–water partition coefficient (Wildman–Crippen LogP) is 2.51. The van der Waals surface area contributed by atoms with Crippen molar-refractivity contribution in [1.82, 2.24) is 10.2 Å². The van der Waals surface area contributed by atoms with Crippen LogP contribution < -0.4 is 5.32 Å². The highest BCUT2D eigenvalue weighted by Gasteiger charge is 2.38. The molecule has 120 valence electrons. The molecule has 1 saturated heterocycles. The average molecular weight is 306 g/mol. The largest absolute Gasteiger partial charge is 0.356 e. The van der Waals surface area contributed by atoms with Gasteiger partial charge in [-0.15, -0.1) is 0 Å². The van der Waals surface area contributed by atoms with E-state index in [0.717, 1.165) is 0 Å². The lowest BCUT2D eigenvalue weighted by molar-refractivity contribution is -0.141. The Bertz CT molecular complexity index is 559. The minimum Gasteiger partial charge on any atom is -0.356 e. The fourth-order valence-corrected chi connectivity index (χ4v) is 2.90. The van der Waals surface area contributed by atoms with E-state index in [1.807, 2.05) is 13.8 Å². The zero-order valence-electron chi connectivity index (χ0n) is 13.3. The summed E-state index contributed by atoms with van der Waals surface area (Å²) in [6, 6.07) is 5.74. The molecule has 1 aliphatic rings. The Labute approximate surface area is 130 Å². The fourth-order valence-electron chi connectivity index (χ4n) is 2.90. The van der Waals surface area contributed by atoms with E-state index >= 15 is 0 Å². The number of rotatable bonds is 4. The fraction of sp³-hybridized carbons (Fsp3) is 0.529. The van der Waals surface area contributed by atoms with Gasteiger partial charge in [0, 0.05) is 20.0 Å². The van der Waals surface area contributed by atoms with Crippen molar-refractivity contribution in [3.8, 4) is 0 Å². The van der Waals surface area contributed by atoms with Gasteiger partial charge < -0.3 is 10.2 Å². The van der Waals surface area contributed by atoms with Crippen LogP contribution in [-0.4, -0.2) is 30.3 Å². The number of nitrogens with one attached hydrogen (secondary N) is 1. The Hall–Kier alpha value is -1.91. The smallest absolute Gasteiger partial charge is 0.225 e. The van der Waals surface area contributed by atoms with E-state index in [0.29, 0.717) is 30.9 Å². The molecule has 1 N–H and O–H groups in total. The van der Waals surface area contributed by atoms with Gasteiger partial charge in [-0.25, -0.2) is 4.39 Å². The lowest BCUT2D eigenvalue weighted by Gasteiger charge is -2.38. The molecule has 0 unspecified atom stereocenters. The molecule has 5 heteroatoms. The van der Waals surface area contributed by atoms with E-state index in [1.165, 1.54) is 12.1 Å². The van der Waals surface area contributed by atoms with Gasteiger partial charge in [-0.1, -0.05) is 26.0 Å². The number of carbonyl (C=O) groups excluding carboxylic acids is 2. The van der Waals surface area contributed by atoms with E-state index in [4.69, 9.17) is 0 Å². The van der Waals surface area contributed by atoms with E-state index < -0.39 is 6.04 Å². The third-order valence-electron chi connectivity index (χ3n) is 4.07. The van der Waals surface area contributed by atoms with Gasteiger partial charge >= 0.3 is 0 Å². The van der Waals surface area contributed by atoms with Crippen LogP contribution in [0.3, 0.4) is 0 Å². The van der Waals surface area contributed by atoms with E-state index in [9.17, 15) is 14.0 Å². The van der Waals surface area contributed by atoms with Crippen molar-refractivity contribution in [2.75, 3.05) is 13.6 Å². The molecule has 1 fully saturated rings. The minimum atomic E-state index is -0.413. The molecule has 0 saturated carbocycles. The van der Waals surface area contributed by atoms with Crippen LogP contribution in [0.25, 0.3) is 0 Å². The average Bonchev–Trinajstić information content (AvgIpc) is 2.47. The van der Waals surface area contributed by atoms with Crippen molar-refractivity contribution in [2.24, 2.45) is 11.8 Å². The third-order valence-corrected chi connectivity index (χ3v) is 4.07. The molecule has 2 rings (SSSR count). The first-order valence-electron chi connectivity index (χ1n) is 7.69. The molecular weight excluding hydrogens is 283 g/mol. The number of hydrogen-bond donors (Lipinski definition) is 1. The van der Waals surface area contributed by atoms with Gasteiger partial charge in [-0.05, 0) is 30.0 Å². The summed E-state index contributed by atoms with van der Waals surface area (Å²) >= 11 is 0. The van der Waals surface area contributed by atoms with E-state index in [-0.39, 0.29) is 23.5 Å². The number of hydrogen-bond acceptors (Lipinski definition) is 2. The maximum Gasteiger partial charge on any atom is 0.225 e. The highest BCUT2D eigenvalue weighted by atomic mass is 19.1. The number of halogens is 1. The molecule has 0 aliphatic carbocycles. The maximum atomic E-state index is 13.5. The van der Waals surface area contributed by atoms with E-state index in [2.05, 4.69) is 5.32 Å². The van der Waals surface area contributed by atoms with Crippen molar-refractivity contribution < 1.29 is 14.0 Å². The molecule has 22 heavy (non-hydrogen) atoms. The van der Waals surface area contributed by atoms with Crippen molar-refractivity contribution in [3.63, 3.8) is 0 Å². The van der Waals surface area contributed by atoms with Crippen LogP contribution >= 0.6 is 0 Å². The van der Waals surface area contributed by atoms with Gasteiger partial charge in [0.25, 0.3) is 0 Å². The summed E-state index contributed by atoms with van der Waals surface area (Å²) < 4.78 is 13.5. The van der Waals surface area contributed by atoms with Gasteiger partial charge in [-0.2, -0.15) is 0 Å². The molecule has 1 aliphatic heterocycles. The van der Waals surface area contributed by atoms with Crippen LogP contribution in [0.5, 0.6) is 0 Å². The number of carbonyl (C=O) groups is 2. The lowest BCUT2D eigenvalue weighted by atomic mass is 9.84. The Morgan fingerprint density at radius 3 is 2.82 bits per heavy atom. The van der Waals surface area contributed by atoms with Gasteiger partial charge in [-0.3, -0.25) is 9.59 Å². The Morgan fingerprint density at radius 1 is 1.45 bits per heavy atom. The van der Waals surface area contributed by atoms with Gasteiger partial charge in [0.05, 0.1) is 12.0 Å². The topological polar surface area (TPSA) is 49.4 Å². The van der Waals surface area contributed by atoms with Gasteiger partial charge in [0.15, 0.2) is 0 Å². The number of benzene rings is 1. The number of likely N-dealkylation sites (tertiary alicyclic amines) is 1. The summed E-state index contributed by atoms with van der Waals surface area (Å²) in [5, 5.41) is 2.93. The zero-order valence-corrected chi connectivity index (χ0v) is 13.3. The second-order valence-electron chi connectivity index (χ2n) is 6.29. The second kappa shape index (κ2) is 6.90. The Kier molecular flexibility index (Phi) is 5.16. The molecular formula is C17H23FN2O2. The summed E-state index contributed by atoms with van der Waals surface area (Å²) in [6.45, 7) is 4.66. The van der Waals surface area contributed by atoms with Gasteiger partial charge in [0.1, 0.15) is 5.82 Å². The van der Waals surface area contributed by atoms with Crippen LogP contribution in [0, 0.1) is 17.7 Å². The zero-order chi connectivity index (χ0) is 16.3. The molecule has 1 aromatic carbocycles. The van der Waals surface area contributed by atoms with Crippen molar-refractivity contribution in [3.05, 3.63) is 35.6 Å². The van der Waals surface area contributed by atoms with Crippen LogP contribution in [-0.2, 0) is 9.59 Å². The minimum absolute atomic E-state index is 0.0119. The van der Waals surface area contributed by atoms with Crippen molar-refractivity contribution in [2.45, 2.75) is 32.7 Å². The van der Waals surface area contributed by atoms with Gasteiger partial charge in [0.2, 0.25) is 11.8 Å². The molecule has 1 aromatic rings. The molecule has 0 aromatic heterocycles. The summed E-state index contributed by atoms with van der Waals surface area (Å²) in [7, 11) is 1.68. The summed E-state index contributed by atoms with van der Waals surface area (Å²) in [5.41, 5.74) is 0.667.